The minimum atomic E-state index is -1.15. The van der Waals surface area contributed by atoms with Crippen LogP contribution in [0.2, 0.25) is 0 Å². The topological polar surface area (TPSA) is 70.2 Å². The van der Waals surface area contributed by atoms with E-state index in [1.165, 1.54) is 18.2 Å². The number of rotatable bonds is 6. The minimum absolute atomic E-state index is 0.0154. The SMILES string of the molecule is CCNC(=O)NC(C)(C)C(=O)N[C@H](C)Cc1c(F)cccc1F. The molecular formula is C16H23F2N3O2. The van der Waals surface area contributed by atoms with Gasteiger partial charge >= 0.3 is 6.03 Å². The third-order valence-corrected chi connectivity index (χ3v) is 3.28. The molecule has 1 atom stereocenters. The van der Waals surface area contributed by atoms with E-state index in [0.29, 0.717) is 6.54 Å². The minimum Gasteiger partial charge on any atom is -0.351 e. The Labute approximate surface area is 134 Å². The van der Waals surface area contributed by atoms with Crippen LogP contribution in [-0.4, -0.2) is 30.1 Å². The molecule has 3 amide bonds. The van der Waals surface area contributed by atoms with Gasteiger partial charge in [-0.1, -0.05) is 6.07 Å². The summed E-state index contributed by atoms with van der Waals surface area (Å²) in [5.74, 6) is -1.73. The Morgan fingerprint density at radius 1 is 1.22 bits per heavy atom. The Balaban J connectivity index is 2.67. The molecule has 23 heavy (non-hydrogen) atoms. The molecule has 0 aromatic heterocycles. The van der Waals surface area contributed by atoms with E-state index >= 15 is 0 Å². The average molecular weight is 327 g/mol. The summed E-state index contributed by atoms with van der Waals surface area (Å²) in [6.45, 7) is 6.94. The third kappa shape index (κ3) is 5.50. The fourth-order valence-corrected chi connectivity index (χ4v) is 2.03. The standard InChI is InChI=1S/C16H23F2N3O2/c1-5-19-15(23)21-16(3,4)14(22)20-10(2)9-11-12(17)7-6-8-13(11)18/h6-8,10H,5,9H2,1-4H3,(H,20,22)(H2,19,21,23)/t10-/m1/s1. The van der Waals surface area contributed by atoms with Crippen molar-refractivity contribution < 1.29 is 18.4 Å². The van der Waals surface area contributed by atoms with Crippen molar-refractivity contribution >= 4 is 11.9 Å². The van der Waals surface area contributed by atoms with E-state index in [9.17, 15) is 18.4 Å². The summed E-state index contributed by atoms with van der Waals surface area (Å²) >= 11 is 0. The van der Waals surface area contributed by atoms with Crippen LogP contribution in [0.15, 0.2) is 18.2 Å². The van der Waals surface area contributed by atoms with E-state index < -0.39 is 35.2 Å². The highest BCUT2D eigenvalue weighted by Crippen LogP contribution is 2.14. The summed E-state index contributed by atoms with van der Waals surface area (Å²) in [5, 5.41) is 7.73. The van der Waals surface area contributed by atoms with Crippen LogP contribution in [0.1, 0.15) is 33.3 Å². The fraction of sp³-hybridized carbons (Fsp3) is 0.500. The van der Waals surface area contributed by atoms with Crippen LogP contribution >= 0.6 is 0 Å². The van der Waals surface area contributed by atoms with E-state index in [1.807, 2.05) is 0 Å². The van der Waals surface area contributed by atoms with Crippen LogP contribution in [0.3, 0.4) is 0 Å². The Morgan fingerprint density at radius 3 is 2.30 bits per heavy atom. The Morgan fingerprint density at radius 2 is 1.78 bits per heavy atom. The molecule has 128 valence electrons. The lowest BCUT2D eigenvalue weighted by Crippen LogP contribution is -2.58. The summed E-state index contributed by atoms with van der Waals surface area (Å²) in [4.78, 5) is 23.8. The molecule has 0 fully saturated rings. The highest BCUT2D eigenvalue weighted by atomic mass is 19.1. The number of carbonyl (C=O) groups is 2. The van der Waals surface area contributed by atoms with Gasteiger partial charge in [0.05, 0.1) is 0 Å². The van der Waals surface area contributed by atoms with Crippen LogP contribution in [0.4, 0.5) is 13.6 Å². The maximum absolute atomic E-state index is 13.6. The number of nitrogens with one attached hydrogen (secondary N) is 3. The zero-order chi connectivity index (χ0) is 17.6. The number of halogens is 2. The van der Waals surface area contributed by atoms with Crippen LogP contribution in [0.25, 0.3) is 0 Å². The molecule has 1 aromatic carbocycles. The zero-order valence-electron chi connectivity index (χ0n) is 13.8. The van der Waals surface area contributed by atoms with E-state index in [1.54, 1.807) is 27.7 Å². The molecule has 5 nitrogen and oxygen atoms in total. The number of hydrogen-bond acceptors (Lipinski definition) is 2. The van der Waals surface area contributed by atoms with Gasteiger partial charge in [0.25, 0.3) is 0 Å². The second-order valence-corrected chi connectivity index (χ2v) is 5.89. The van der Waals surface area contributed by atoms with Crippen LogP contribution in [0.5, 0.6) is 0 Å². The Bertz CT molecular complexity index is 556. The highest BCUT2D eigenvalue weighted by molar-refractivity contribution is 5.90. The molecule has 0 aliphatic carbocycles. The summed E-state index contributed by atoms with van der Waals surface area (Å²) < 4.78 is 27.2. The number of carbonyl (C=O) groups excluding carboxylic acids is 2. The average Bonchev–Trinajstić information content (AvgIpc) is 2.42. The maximum Gasteiger partial charge on any atom is 0.315 e. The molecule has 0 heterocycles. The van der Waals surface area contributed by atoms with Gasteiger partial charge in [0.1, 0.15) is 17.2 Å². The first-order valence-corrected chi connectivity index (χ1v) is 7.47. The van der Waals surface area contributed by atoms with Crippen molar-refractivity contribution in [3.63, 3.8) is 0 Å². The quantitative estimate of drug-likeness (QED) is 0.749. The molecule has 0 saturated heterocycles. The molecule has 0 saturated carbocycles. The van der Waals surface area contributed by atoms with Crippen molar-refractivity contribution in [3.05, 3.63) is 35.4 Å². The van der Waals surface area contributed by atoms with Gasteiger partial charge in [0.15, 0.2) is 0 Å². The second-order valence-electron chi connectivity index (χ2n) is 5.89. The van der Waals surface area contributed by atoms with Gasteiger partial charge < -0.3 is 16.0 Å². The lowest BCUT2D eigenvalue weighted by Gasteiger charge is -2.27. The van der Waals surface area contributed by atoms with E-state index in [-0.39, 0.29) is 12.0 Å². The number of benzene rings is 1. The normalized spacial score (nSPS) is 12.4. The summed E-state index contributed by atoms with van der Waals surface area (Å²) in [6.07, 6.45) is 0.0154. The molecule has 0 radical (unpaired) electrons. The predicted molar refractivity (Wildman–Crippen MR) is 84.0 cm³/mol. The van der Waals surface area contributed by atoms with Gasteiger partial charge in [-0.3, -0.25) is 4.79 Å². The fourth-order valence-electron chi connectivity index (χ4n) is 2.03. The van der Waals surface area contributed by atoms with Gasteiger partial charge in [0, 0.05) is 18.2 Å². The van der Waals surface area contributed by atoms with E-state index in [2.05, 4.69) is 16.0 Å². The van der Waals surface area contributed by atoms with Crippen LogP contribution in [-0.2, 0) is 11.2 Å². The summed E-state index contributed by atoms with van der Waals surface area (Å²) in [6, 6.07) is 2.68. The molecule has 7 heteroatoms. The predicted octanol–water partition coefficient (Wildman–Crippen LogP) is 2.11. The smallest absolute Gasteiger partial charge is 0.315 e. The largest absolute Gasteiger partial charge is 0.351 e. The number of amides is 3. The first kappa shape index (κ1) is 18.9. The Kier molecular flexibility index (Phi) is 6.48. The first-order valence-electron chi connectivity index (χ1n) is 7.47. The number of hydrogen-bond donors (Lipinski definition) is 3. The summed E-state index contributed by atoms with van der Waals surface area (Å²) in [5.41, 5.74) is -1.23. The first-order chi connectivity index (χ1) is 10.7. The molecule has 1 rings (SSSR count). The van der Waals surface area contributed by atoms with Crippen molar-refractivity contribution in [1.82, 2.24) is 16.0 Å². The molecule has 0 bridgehead atoms. The van der Waals surface area contributed by atoms with Gasteiger partial charge in [-0.05, 0) is 46.2 Å². The summed E-state index contributed by atoms with van der Waals surface area (Å²) in [7, 11) is 0. The lowest BCUT2D eigenvalue weighted by atomic mass is 10.0. The molecule has 0 aliphatic heterocycles. The van der Waals surface area contributed by atoms with Crippen molar-refractivity contribution in [2.75, 3.05) is 6.54 Å². The molecule has 0 unspecified atom stereocenters. The molecule has 3 N–H and O–H groups in total. The molecule has 0 aliphatic rings. The van der Waals surface area contributed by atoms with Crippen molar-refractivity contribution in [2.24, 2.45) is 0 Å². The van der Waals surface area contributed by atoms with Gasteiger partial charge in [-0.15, -0.1) is 0 Å². The lowest BCUT2D eigenvalue weighted by molar-refractivity contribution is -0.126. The maximum atomic E-state index is 13.6. The van der Waals surface area contributed by atoms with Crippen molar-refractivity contribution in [2.45, 2.75) is 45.7 Å². The van der Waals surface area contributed by atoms with Gasteiger partial charge in [0.2, 0.25) is 5.91 Å². The second kappa shape index (κ2) is 7.89. The van der Waals surface area contributed by atoms with Gasteiger partial charge in [-0.25, -0.2) is 13.6 Å². The van der Waals surface area contributed by atoms with Gasteiger partial charge in [-0.2, -0.15) is 0 Å². The Hall–Kier alpha value is -2.18. The highest BCUT2D eigenvalue weighted by Gasteiger charge is 2.30. The molecule has 1 aromatic rings. The molecule has 0 spiro atoms. The molecular weight excluding hydrogens is 304 g/mol. The van der Waals surface area contributed by atoms with Crippen molar-refractivity contribution in [3.8, 4) is 0 Å². The third-order valence-electron chi connectivity index (χ3n) is 3.28. The van der Waals surface area contributed by atoms with E-state index in [4.69, 9.17) is 0 Å². The van der Waals surface area contributed by atoms with Crippen molar-refractivity contribution in [1.29, 1.82) is 0 Å². The monoisotopic (exact) mass is 327 g/mol. The van der Waals surface area contributed by atoms with E-state index in [0.717, 1.165) is 0 Å². The number of urea groups is 1. The van der Waals surface area contributed by atoms with Crippen LogP contribution < -0.4 is 16.0 Å². The van der Waals surface area contributed by atoms with Crippen LogP contribution in [0, 0.1) is 11.6 Å². The zero-order valence-corrected chi connectivity index (χ0v) is 13.8.